The molecule has 1 saturated heterocycles. The number of nitrogens with one attached hydrogen (secondary N) is 1. The van der Waals surface area contributed by atoms with Crippen molar-refractivity contribution in [2.75, 3.05) is 38.7 Å². The van der Waals surface area contributed by atoms with Crippen LogP contribution in [0.4, 0.5) is 5.69 Å². The maximum absolute atomic E-state index is 5.56. The quantitative estimate of drug-likeness (QED) is 0.929. The molecule has 0 aliphatic carbocycles. The van der Waals surface area contributed by atoms with Gasteiger partial charge in [0.15, 0.2) is 0 Å². The molecule has 4 nitrogen and oxygen atoms in total. The Hall–Kier alpha value is -1.65. The van der Waals surface area contributed by atoms with E-state index in [1.807, 2.05) is 13.0 Å². The van der Waals surface area contributed by atoms with E-state index in [-0.39, 0.29) is 0 Å². The molecule has 1 aromatic carbocycles. The lowest BCUT2D eigenvalue weighted by Gasteiger charge is -2.32. The number of aromatic nitrogens is 1. The summed E-state index contributed by atoms with van der Waals surface area (Å²) in [6.45, 7) is 5.57. The van der Waals surface area contributed by atoms with Gasteiger partial charge in [-0.05, 0) is 26.1 Å². The Balaban J connectivity index is 1.80. The molecule has 0 saturated carbocycles. The van der Waals surface area contributed by atoms with Crippen LogP contribution in [0.5, 0.6) is 0 Å². The molecule has 1 atom stereocenters. The van der Waals surface area contributed by atoms with Gasteiger partial charge in [-0.2, -0.15) is 0 Å². The number of para-hydroxylation sites is 1. The first kappa shape index (κ1) is 13.3. The van der Waals surface area contributed by atoms with E-state index in [4.69, 9.17) is 4.74 Å². The molecule has 4 heteroatoms. The monoisotopic (exact) mass is 271 g/mol. The second-order valence-electron chi connectivity index (χ2n) is 5.42. The Morgan fingerprint density at radius 1 is 1.40 bits per heavy atom. The minimum absolute atomic E-state index is 0.427. The van der Waals surface area contributed by atoms with Gasteiger partial charge in [0, 0.05) is 29.9 Å². The van der Waals surface area contributed by atoms with Crippen molar-refractivity contribution < 1.29 is 4.74 Å². The van der Waals surface area contributed by atoms with E-state index in [2.05, 4.69) is 46.5 Å². The smallest absolute Gasteiger partial charge is 0.0725 e. The van der Waals surface area contributed by atoms with Crippen LogP contribution in [0.3, 0.4) is 0 Å². The van der Waals surface area contributed by atoms with Gasteiger partial charge >= 0.3 is 0 Å². The number of benzene rings is 1. The number of hydrogen-bond donors (Lipinski definition) is 1. The summed E-state index contributed by atoms with van der Waals surface area (Å²) in [5.41, 5.74) is 3.25. The Kier molecular flexibility index (Phi) is 3.85. The summed E-state index contributed by atoms with van der Waals surface area (Å²) in [5.74, 6) is 0. The van der Waals surface area contributed by atoms with Crippen LogP contribution in [-0.2, 0) is 4.74 Å². The number of hydrogen-bond acceptors (Lipinski definition) is 4. The van der Waals surface area contributed by atoms with Gasteiger partial charge in [-0.25, -0.2) is 0 Å². The van der Waals surface area contributed by atoms with Gasteiger partial charge < -0.3 is 10.1 Å². The van der Waals surface area contributed by atoms with Gasteiger partial charge in [-0.15, -0.1) is 0 Å². The zero-order valence-corrected chi connectivity index (χ0v) is 12.1. The number of rotatable bonds is 3. The number of pyridine rings is 1. The van der Waals surface area contributed by atoms with Gasteiger partial charge in [0.25, 0.3) is 0 Å². The normalized spacial score (nSPS) is 20.2. The molecular weight excluding hydrogens is 250 g/mol. The third kappa shape index (κ3) is 2.76. The minimum atomic E-state index is 0.427. The molecule has 1 aromatic heterocycles. The summed E-state index contributed by atoms with van der Waals surface area (Å²) < 4.78 is 5.56. The molecule has 1 N–H and O–H groups in total. The topological polar surface area (TPSA) is 37.4 Å². The lowest BCUT2D eigenvalue weighted by molar-refractivity contribution is 0.0110. The van der Waals surface area contributed by atoms with E-state index in [1.54, 1.807) is 0 Å². The van der Waals surface area contributed by atoms with Crippen LogP contribution < -0.4 is 5.32 Å². The predicted octanol–water partition coefficient (Wildman–Crippen LogP) is 2.29. The summed E-state index contributed by atoms with van der Waals surface area (Å²) in [6, 6.07) is 10.8. The minimum Gasteiger partial charge on any atom is -0.383 e. The molecule has 2 aromatic rings. The molecule has 3 rings (SSSR count). The van der Waals surface area contributed by atoms with Gasteiger partial charge in [0.2, 0.25) is 0 Å². The molecule has 1 unspecified atom stereocenters. The Morgan fingerprint density at radius 3 is 3.10 bits per heavy atom. The lowest BCUT2D eigenvalue weighted by atomic mass is 10.1. The van der Waals surface area contributed by atoms with Crippen molar-refractivity contribution in [3.63, 3.8) is 0 Å². The van der Waals surface area contributed by atoms with Crippen molar-refractivity contribution in [2.24, 2.45) is 0 Å². The predicted molar refractivity (Wildman–Crippen MR) is 82.2 cm³/mol. The van der Waals surface area contributed by atoms with Crippen molar-refractivity contribution in [1.82, 2.24) is 9.88 Å². The average Bonchev–Trinajstić information content (AvgIpc) is 2.46. The lowest BCUT2D eigenvalue weighted by Crippen LogP contribution is -2.46. The average molecular weight is 271 g/mol. The molecule has 2 heterocycles. The fourth-order valence-electron chi connectivity index (χ4n) is 2.63. The standard InChI is InChI=1S/C16H21N3O/c1-12-9-16(14-5-3-4-6-15(14)18-12)17-10-13-11-20-8-7-19(13)2/h3-6,9,13H,7-8,10-11H2,1-2H3,(H,17,18). The van der Waals surface area contributed by atoms with Crippen LogP contribution in [0.15, 0.2) is 30.3 Å². The summed E-state index contributed by atoms with van der Waals surface area (Å²) in [6.07, 6.45) is 0. The number of aryl methyl sites for hydroxylation is 1. The van der Waals surface area contributed by atoms with Crippen LogP contribution in [0.25, 0.3) is 10.9 Å². The third-order valence-electron chi connectivity index (χ3n) is 3.89. The summed E-state index contributed by atoms with van der Waals surface area (Å²) in [4.78, 5) is 6.92. The van der Waals surface area contributed by atoms with Crippen LogP contribution in [0.2, 0.25) is 0 Å². The second kappa shape index (κ2) is 5.77. The highest BCUT2D eigenvalue weighted by atomic mass is 16.5. The zero-order valence-electron chi connectivity index (χ0n) is 12.1. The van der Waals surface area contributed by atoms with Gasteiger partial charge in [0.1, 0.15) is 0 Å². The van der Waals surface area contributed by atoms with E-state index in [9.17, 15) is 0 Å². The highest BCUT2D eigenvalue weighted by Gasteiger charge is 2.19. The molecule has 1 fully saturated rings. The van der Waals surface area contributed by atoms with Crippen molar-refractivity contribution >= 4 is 16.6 Å². The SMILES string of the molecule is Cc1cc(NCC2COCCN2C)c2ccccc2n1. The number of likely N-dealkylation sites (N-methyl/N-ethyl adjacent to an activating group) is 1. The van der Waals surface area contributed by atoms with E-state index in [1.165, 1.54) is 5.39 Å². The summed E-state index contributed by atoms with van der Waals surface area (Å²) >= 11 is 0. The number of nitrogens with zero attached hydrogens (tertiary/aromatic N) is 2. The number of fused-ring (bicyclic) bond motifs is 1. The second-order valence-corrected chi connectivity index (χ2v) is 5.42. The molecule has 1 aliphatic heterocycles. The Labute approximate surface area is 119 Å². The van der Waals surface area contributed by atoms with Crippen molar-refractivity contribution in [2.45, 2.75) is 13.0 Å². The maximum Gasteiger partial charge on any atom is 0.0725 e. The summed E-state index contributed by atoms with van der Waals surface area (Å²) in [5, 5.41) is 4.75. The van der Waals surface area contributed by atoms with Crippen molar-refractivity contribution in [1.29, 1.82) is 0 Å². The summed E-state index contributed by atoms with van der Waals surface area (Å²) in [7, 11) is 2.16. The van der Waals surface area contributed by atoms with Gasteiger partial charge in [-0.1, -0.05) is 18.2 Å². The molecular formula is C16H21N3O. The highest BCUT2D eigenvalue weighted by molar-refractivity contribution is 5.91. The fraction of sp³-hybridized carbons (Fsp3) is 0.438. The largest absolute Gasteiger partial charge is 0.383 e. The van der Waals surface area contributed by atoms with E-state index in [0.29, 0.717) is 6.04 Å². The molecule has 0 radical (unpaired) electrons. The first-order valence-corrected chi connectivity index (χ1v) is 7.12. The first-order chi connectivity index (χ1) is 9.74. The van der Waals surface area contributed by atoms with E-state index >= 15 is 0 Å². The van der Waals surface area contributed by atoms with Crippen molar-refractivity contribution in [3.05, 3.63) is 36.0 Å². The van der Waals surface area contributed by atoms with E-state index < -0.39 is 0 Å². The molecule has 0 amide bonds. The van der Waals surface area contributed by atoms with Gasteiger partial charge in [-0.3, -0.25) is 9.88 Å². The fourth-order valence-corrected chi connectivity index (χ4v) is 2.63. The van der Waals surface area contributed by atoms with Crippen LogP contribution in [0.1, 0.15) is 5.69 Å². The van der Waals surface area contributed by atoms with Crippen LogP contribution in [0, 0.1) is 6.92 Å². The molecule has 0 bridgehead atoms. The number of morpholine rings is 1. The maximum atomic E-state index is 5.56. The number of ether oxygens (including phenoxy) is 1. The zero-order chi connectivity index (χ0) is 13.9. The third-order valence-corrected chi connectivity index (χ3v) is 3.89. The van der Waals surface area contributed by atoms with Crippen molar-refractivity contribution in [3.8, 4) is 0 Å². The Bertz CT molecular complexity index is 599. The molecule has 0 spiro atoms. The number of anilines is 1. The molecule has 20 heavy (non-hydrogen) atoms. The molecule has 1 aliphatic rings. The highest BCUT2D eigenvalue weighted by Crippen LogP contribution is 2.23. The Morgan fingerprint density at radius 2 is 2.25 bits per heavy atom. The molecule has 106 valence electrons. The van der Waals surface area contributed by atoms with Crippen LogP contribution in [-0.4, -0.2) is 49.3 Å². The van der Waals surface area contributed by atoms with Crippen LogP contribution >= 0.6 is 0 Å². The van der Waals surface area contributed by atoms with E-state index in [0.717, 1.165) is 43.2 Å². The van der Waals surface area contributed by atoms with Gasteiger partial charge in [0.05, 0.1) is 24.8 Å². The first-order valence-electron chi connectivity index (χ1n) is 7.12.